The van der Waals surface area contributed by atoms with Crippen molar-refractivity contribution in [2.45, 2.75) is 19.8 Å². The van der Waals surface area contributed by atoms with Crippen LogP contribution in [0.15, 0.2) is 35.5 Å². The lowest BCUT2D eigenvalue weighted by atomic mass is 9.84. The number of hydrogen-bond donors (Lipinski definition) is 0. The smallest absolute Gasteiger partial charge is 0.316 e. The quantitative estimate of drug-likeness (QED) is 0.136. The Labute approximate surface area is 155 Å². The number of methoxy groups -OCH3 is 1. The van der Waals surface area contributed by atoms with Gasteiger partial charge in [-0.05, 0) is 30.2 Å². The molecule has 0 amide bonds. The van der Waals surface area contributed by atoms with Crippen LogP contribution in [0.5, 0.6) is 0 Å². The molecule has 1 rings (SSSR count). The minimum Gasteiger partial charge on any atom is -0.468 e. The third-order valence-electron chi connectivity index (χ3n) is 4.00. The Balaban J connectivity index is 2.72. The molecular formula is C19H20O8. The predicted octanol–water partition coefficient (Wildman–Crippen LogP) is 0.694. The average molecular weight is 376 g/mol. The zero-order valence-electron chi connectivity index (χ0n) is 15.0. The van der Waals surface area contributed by atoms with Crippen molar-refractivity contribution in [3.05, 3.63) is 35.5 Å². The van der Waals surface area contributed by atoms with Crippen LogP contribution in [-0.2, 0) is 38.2 Å². The van der Waals surface area contributed by atoms with Gasteiger partial charge in [0.2, 0.25) is 11.6 Å². The van der Waals surface area contributed by atoms with Gasteiger partial charge in [-0.15, -0.1) is 0 Å². The number of aldehydes is 2. The molecule has 0 N–H and O–H groups in total. The fourth-order valence-corrected chi connectivity index (χ4v) is 2.50. The summed E-state index contributed by atoms with van der Waals surface area (Å²) < 4.78 is 9.61. The van der Waals surface area contributed by atoms with Crippen molar-refractivity contribution in [2.24, 2.45) is 11.8 Å². The van der Waals surface area contributed by atoms with Crippen molar-refractivity contribution in [3.63, 3.8) is 0 Å². The molecule has 8 heteroatoms. The summed E-state index contributed by atoms with van der Waals surface area (Å²) in [5.41, 5.74) is 0.641. The van der Waals surface area contributed by atoms with E-state index in [1.165, 1.54) is 18.2 Å². The molecule has 2 atom stereocenters. The normalized spacial score (nSPS) is 16.2. The van der Waals surface area contributed by atoms with Crippen molar-refractivity contribution in [1.82, 2.24) is 0 Å². The van der Waals surface area contributed by atoms with E-state index in [4.69, 9.17) is 4.74 Å². The maximum absolute atomic E-state index is 12.1. The lowest BCUT2D eigenvalue weighted by Crippen LogP contribution is -2.30. The molecule has 0 aromatic carbocycles. The summed E-state index contributed by atoms with van der Waals surface area (Å²) in [4.78, 5) is 68.7. The number of allylic oxidation sites excluding steroid dienone is 5. The van der Waals surface area contributed by atoms with Gasteiger partial charge in [0, 0.05) is 12.3 Å². The third kappa shape index (κ3) is 6.25. The molecule has 1 aliphatic carbocycles. The molecule has 0 aliphatic heterocycles. The molecule has 0 spiro atoms. The molecule has 0 aromatic rings. The van der Waals surface area contributed by atoms with Gasteiger partial charge in [-0.2, -0.15) is 0 Å². The Hall–Kier alpha value is -3.16. The molecule has 0 saturated heterocycles. The van der Waals surface area contributed by atoms with Gasteiger partial charge in [0.1, 0.15) is 18.5 Å². The Morgan fingerprint density at radius 2 is 1.85 bits per heavy atom. The maximum Gasteiger partial charge on any atom is 0.316 e. The van der Waals surface area contributed by atoms with Crippen molar-refractivity contribution >= 4 is 36.1 Å². The van der Waals surface area contributed by atoms with E-state index in [0.29, 0.717) is 18.1 Å². The fraction of sp³-hybridized carbons (Fsp3) is 0.368. The highest BCUT2D eigenvalue weighted by molar-refractivity contribution is 6.46. The second-order valence-electron chi connectivity index (χ2n) is 5.65. The van der Waals surface area contributed by atoms with Crippen molar-refractivity contribution in [3.8, 4) is 0 Å². The number of esters is 2. The fourth-order valence-electron chi connectivity index (χ4n) is 2.50. The molecule has 0 saturated carbocycles. The minimum absolute atomic E-state index is 0.0700. The minimum atomic E-state index is -1.31. The number of hydrogen-bond acceptors (Lipinski definition) is 8. The second kappa shape index (κ2) is 10.7. The standard InChI is InChI=1S/C19H20O8/c1-3-13(10-20)14(15(11-21)19(25)26-2)9-18(24)27-7-6-12-4-5-16(22)17(23)8-12/h3-5,8,10-11,14-15H,6-7,9H2,1-2H3/b13-3+/t14-,15?/m0/s1. The molecule has 0 aromatic heterocycles. The van der Waals surface area contributed by atoms with Gasteiger partial charge in [-0.1, -0.05) is 12.2 Å². The van der Waals surface area contributed by atoms with Gasteiger partial charge in [-0.3, -0.25) is 24.0 Å². The topological polar surface area (TPSA) is 121 Å². The van der Waals surface area contributed by atoms with Crippen molar-refractivity contribution in [1.29, 1.82) is 0 Å². The molecule has 0 bridgehead atoms. The summed E-state index contributed by atoms with van der Waals surface area (Å²) in [6.07, 6.45) is 5.82. The number of ether oxygens (including phenoxy) is 2. The summed E-state index contributed by atoms with van der Waals surface area (Å²) in [7, 11) is 1.10. The van der Waals surface area contributed by atoms with E-state index in [1.54, 1.807) is 6.92 Å². The Kier molecular flexibility index (Phi) is 8.71. The van der Waals surface area contributed by atoms with Gasteiger partial charge >= 0.3 is 11.9 Å². The largest absolute Gasteiger partial charge is 0.468 e. The molecule has 1 aliphatic rings. The van der Waals surface area contributed by atoms with E-state index < -0.39 is 35.3 Å². The van der Waals surface area contributed by atoms with E-state index in [-0.39, 0.29) is 25.0 Å². The van der Waals surface area contributed by atoms with Gasteiger partial charge in [0.25, 0.3) is 0 Å². The lowest BCUT2D eigenvalue weighted by molar-refractivity contribution is -0.150. The summed E-state index contributed by atoms with van der Waals surface area (Å²) in [6.45, 7) is 1.47. The molecule has 27 heavy (non-hydrogen) atoms. The lowest BCUT2D eigenvalue weighted by Gasteiger charge is -2.20. The molecule has 144 valence electrons. The van der Waals surface area contributed by atoms with Crippen LogP contribution in [0.4, 0.5) is 0 Å². The average Bonchev–Trinajstić information content (AvgIpc) is 2.65. The first-order valence-electron chi connectivity index (χ1n) is 8.15. The van der Waals surface area contributed by atoms with Gasteiger partial charge in [-0.25, -0.2) is 0 Å². The van der Waals surface area contributed by atoms with Crippen LogP contribution in [0.1, 0.15) is 19.8 Å². The summed E-state index contributed by atoms with van der Waals surface area (Å²) >= 11 is 0. The van der Waals surface area contributed by atoms with Crippen LogP contribution in [0.25, 0.3) is 0 Å². The molecule has 8 nitrogen and oxygen atoms in total. The number of carbonyl (C=O) groups excluding carboxylic acids is 6. The molecule has 0 heterocycles. The van der Waals surface area contributed by atoms with Crippen LogP contribution < -0.4 is 0 Å². The summed E-state index contributed by atoms with van der Waals surface area (Å²) in [6, 6.07) is 0. The molecule has 0 fully saturated rings. The van der Waals surface area contributed by atoms with Gasteiger partial charge in [0.15, 0.2) is 0 Å². The van der Waals surface area contributed by atoms with Crippen LogP contribution in [0, 0.1) is 11.8 Å². The van der Waals surface area contributed by atoms with E-state index >= 15 is 0 Å². The summed E-state index contributed by atoms with van der Waals surface area (Å²) in [5.74, 6) is -5.16. The number of carbonyl (C=O) groups is 6. The molecular weight excluding hydrogens is 356 g/mol. The van der Waals surface area contributed by atoms with Crippen LogP contribution in [0.2, 0.25) is 0 Å². The van der Waals surface area contributed by atoms with Gasteiger partial charge in [0.05, 0.1) is 20.1 Å². The highest BCUT2D eigenvalue weighted by Gasteiger charge is 2.33. The van der Waals surface area contributed by atoms with E-state index in [0.717, 1.165) is 13.2 Å². The van der Waals surface area contributed by atoms with Crippen LogP contribution in [-0.4, -0.2) is 49.8 Å². The monoisotopic (exact) mass is 376 g/mol. The van der Waals surface area contributed by atoms with Gasteiger partial charge < -0.3 is 14.3 Å². The maximum atomic E-state index is 12.1. The number of rotatable bonds is 10. The van der Waals surface area contributed by atoms with Crippen molar-refractivity contribution < 1.29 is 38.2 Å². The zero-order valence-corrected chi connectivity index (χ0v) is 15.0. The van der Waals surface area contributed by atoms with E-state index in [9.17, 15) is 28.8 Å². The predicted molar refractivity (Wildman–Crippen MR) is 92.3 cm³/mol. The highest BCUT2D eigenvalue weighted by atomic mass is 16.5. The highest BCUT2D eigenvalue weighted by Crippen LogP contribution is 2.24. The number of ketones is 2. The molecule has 1 unspecified atom stereocenters. The van der Waals surface area contributed by atoms with Crippen molar-refractivity contribution in [2.75, 3.05) is 13.7 Å². The zero-order chi connectivity index (χ0) is 20.4. The third-order valence-corrected chi connectivity index (χ3v) is 4.00. The van der Waals surface area contributed by atoms with Crippen LogP contribution >= 0.6 is 0 Å². The first-order valence-corrected chi connectivity index (χ1v) is 8.15. The second-order valence-corrected chi connectivity index (χ2v) is 5.65. The van der Waals surface area contributed by atoms with E-state index in [1.807, 2.05) is 0 Å². The molecule has 0 radical (unpaired) electrons. The Morgan fingerprint density at radius 1 is 1.15 bits per heavy atom. The van der Waals surface area contributed by atoms with Crippen LogP contribution in [0.3, 0.4) is 0 Å². The first-order chi connectivity index (χ1) is 12.9. The summed E-state index contributed by atoms with van der Waals surface area (Å²) in [5, 5.41) is 0. The Bertz CT molecular complexity index is 726. The SMILES string of the molecule is C/C=C(\C=O)[C@H](CC(=O)OCCC1=CC(=O)C(=O)C=C1)C(C=O)C(=O)OC. The first kappa shape index (κ1) is 21.9. The Morgan fingerprint density at radius 3 is 2.37 bits per heavy atom. The van der Waals surface area contributed by atoms with E-state index in [2.05, 4.69) is 4.74 Å².